The van der Waals surface area contributed by atoms with Crippen LogP contribution < -0.4 is 25.6 Å². The number of rotatable bonds is 7. The Hall–Kier alpha value is -3.59. The molecule has 0 bridgehead atoms. The zero-order valence-electron chi connectivity index (χ0n) is 17.3. The molecule has 0 radical (unpaired) electrons. The molecular weight excluding hydrogens is 479 g/mol. The second-order valence-corrected chi connectivity index (χ2v) is 7.50. The van der Waals surface area contributed by atoms with Crippen molar-refractivity contribution in [2.24, 2.45) is 0 Å². The third-order valence-corrected chi connectivity index (χ3v) is 5.16. The molecule has 7 nitrogen and oxygen atoms in total. The SMILES string of the molecule is COc1ccc(NC(=O)N(CCNC(=O)Nc2ccccc2Br)c2ccc(F)cc2)cc1. The number of amides is 4. The molecule has 32 heavy (non-hydrogen) atoms. The molecule has 0 spiro atoms. The van der Waals surface area contributed by atoms with E-state index in [1.54, 1.807) is 43.5 Å². The number of methoxy groups -OCH3 is 1. The predicted octanol–water partition coefficient (Wildman–Crippen LogP) is 5.46. The van der Waals surface area contributed by atoms with E-state index in [1.807, 2.05) is 12.1 Å². The largest absolute Gasteiger partial charge is 0.497 e. The molecule has 0 unspecified atom stereocenters. The normalized spacial score (nSPS) is 10.2. The molecule has 3 N–H and O–H groups in total. The fraction of sp³-hybridized carbons (Fsp3) is 0.130. The van der Waals surface area contributed by atoms with Gasteiger partial charge in [-0.15, -0.1) is 0 Å². The van der Waals surface area contributed by atoms with E-state index in [1.165, 1.54) is 29.2 Å². The summed E-state index contributed by atoms with van der Waals surface area (Å²) in [6, 6.07) is 18.8. The van der Waals surface area contributed by atoms with E-state index >= 15 is 0 Å². The summed E-state index contributed by atoms with van der Waals surface area (Å²) in [6.07, 6.45) is 0. The average Bonchev–Trinajstić information content (AvgIpc) is 2.79. The van der Waals surface area contributed by atoms with Crippen LogP contribution in [0.25, 0.3) is 0 Å². The highest BCUT2D eigenvalue weighted by molar-refractivity contribution is 9.10. The zero-order chi connectivity index (χ0) is 22.9. The highest BCUT2D eigenvalue weighted by Gasteiger charge is 2.17. The summed E-state index contributed by atoms with van der Waals surface area (Å²) in [5.74, 6) is 0.258. The van der Waals surface area contributed by atoms with Crippen LogP contribution in [0.1, 0.15) is 0 Å². The molecule has 4 amide bonds. The van der Waals surface area contributed by atoms with Crippen molar-refractivity contribution in [3.63, 3.8) is 0 Å². The Morgan fingerprint density at radius 1 is 0.969 bits per heavy atom. The van der Waals surface area contributed by atoms with Crippen LogP contribution in [0.3, 0.4) is 0 Å². The predicted molar refractivity (Wildman–Crippen MR) is 127 cm³/mol. The molecule has 166 valence electrons. The fourth-order valence-corrected chi connectivity index (χ4v) is 3.23. The summed E-state index contributed by atoms with van der Waals surface area (Å²) in [6.45, 7) is 0.334. The molecule has 0 saturated carbocycles. The summed E-state index contributed by atoms with van der Waals surface area (Å²) in [7, 11) is 1.56. The van der Waals surface area contributed by atoms with Crippen molar-refractivity contribution >= 4 is 45.1 Å². The zero-order valence-corrected chi connectivity index (χ0v) is 18.9. The first kappa shape index (κ1) is 23.1. The lowest BCUT2D eigenvalue weighted by atomic mass is 10.2. The van der Waals surface area contributed by atoms with Crippen molar-refractivity contribution in [3.05, 3.63) is 83.1 Å². The van der Waals surface area contributed by atoms with Gasteiger partial charge < -0.3 is 20.7 Å². The molecule has 3 aromatic rings. The summed E-state index contributed by atoms with van der Waals surface area (Å²) in [4.78, 5) is 26.6. The van der Waals surface area contributed by atoms with E-state index in [0.29, 0.717) is 22.8 Å². The molecular formula is C23H22BrFN4O3. The van der Waals surface area contributed by atoms with Crippen molar-refractivity contribution in [1.82, 2.24) is 5.32 Å². The van der Waals surface area contributed by atoms with Gasteiger partial charge in [0.25, 0.3) is 0 Å². The number of ether oxygens (including phenoxy) is 1. The molecule has 0 saturated heterocycles. The van der Waals surface area contributed by atoms with Crippen LogP contribution in [-0.2, 0) is 0 Å². The Morgan fingerprint density at radius 2 is 1.66 bits per heavy atom. The van der Waals surface area contributed by atoms with Gasteiger partial charge in [-0.1, -0.05) is 12.1 Å². The van der Waals surface area contributed by atoms with Crippen LogP contribution in [0, 0.1) is 5.82 Å². The van der Waals surface area contributed by atoms with Crippen LogP contribution in [0.4, 0.5) is 31.0 Å². The number of nitrogens with one attached hydrogen (secondary N) is 3. The molecule has 0 aromatic heterocycles. The van der Waals surface area contributed by atoms with Gasteiger partial charge in [0.2, 0.25) is 0 Å². The topological polar surface area (TPSA) is 82.7 Å². The van der Waals surface area contributed by atoms with E-state index in [-0.39, 0.29) is 13.1 Å². The molecule has 3 rings (SSSR count). The monoisotopic (exact) mass is 500 g/mol. The molecule has 0 atom stereocenters. The van der Waals surface area contributed by atoms with Gasteiger partial charge in [-0.2, -0.15) is 0 Å². The Kier molecular flexibility index (Phi) is 8.04. The van der Waals surface area contributed by atoms with Crippen molar-refractivity contribution in [2.45, 2.75) is 0 Å². The first-order valence-electron chi connectivity index (χ1n) is 9.74. The highest BCUT2D eigenvalue weighted by Crippen LogP contribution is 2.21. The maximum Gasteiger partial charge on any atom is 0.326 e. The Bertz CT molecular complexity index is 1060. The number of carbonyl (C=O) groups excluding carboxylic acids is 2. The molecule has 0 aliphatic rings. The van der Waals surface area contributed by atoms with Gasteiger partial charge in [-0.25, -0.2) is 14.0 Å². The Labute approximate surface area is 193 Å². The van der Waals surface area contributed by atoms with Crippen molar-refractivity contribution in [1.29, 1.82) is 0 Å². The Balaban J connectivity index is 1.64. The van der Waals surface area contributed by atoms with Crippen LogP contribution in [-0.4, -0.2) is 32.3 Å². The summed E-state index contributed by atoms with van der Waals surface area (Å²) in [5.41, 5.74) is 1.69. The van der Waals surface area contributed by atoms with Gasteiger partial charge in [0.05, 0.1) is 12.8 Å². The lowest BCUT2D eigenvalue weighted by molar-refractivity contribution is 0.250. The summed E-state index contributed by atoms with van der Waals surface area (Å²) >= 11 is 3.37. The highest BCUT2D eigenvalue weighted by atomic mass is 79.9. The second kappa shape index (κ2) is 11.1. The molecule has 9 heteroatoms. The van der Waals surface area contributed by atoms with Gasteiger partial charge in [0, 0.05) is 28.9 Å². The standard InChI is InChI=1S/C23H22BrFN4O3/c1-32-19-12-8-17(9-13-19)27-23(31)29(18-10-6-16(25)7-11-18)15-14-26-22(30)28-21-5-3-2-4-20(21)24/h2-13H,14-15H2,1H3,(H,27,31)(H2,26,28,30). The first-order valence-corrected chi connectivity index (χ1v) is 10.5. The van der Waals surface area contributed by atoms with Gasteiger partial charge in [0.15, 0.2) is 0 Å². The number of hydrogen-bond donors (Lipinski definition) is 3. The summed E-state index contributed by atoms with van der Waals surface area (Å²) < 4.78 is 19.2. The minimum atomic E-state index is -0.421. The summed E-state index contributed by atoms with van der Waals surface area (Å²) in [5, 5.41) is 8.25. The number of halogens is 2. The van der Waals surface area contributed by atoms with E-state index in [0.717, 1.165) is 4.47 Å². The second-order valence-electron chi connectivity index (χ2n) is 6.65. The van der Waals surface area contributed by atoms with Crippen LogP contribution in [0.5, 0.6) is 5.75 Å². The van der Waals surface area contributed by atoms with Gasteiger partial charge in [-0.05, 0) is 76.6 Å². The van der Waals surface area contributed by atoms with Crippen LogP contribution >= 0.6 is 15.9 Å². The van der Waals surface area contributed by atoms with Gasteiger partial charge >= 0.3 is 12.1 Å². The average molecular weight is 501 g/mol. The van der Waals surface area contributed by atoms with Crippen molar-refractivity contribution < 1.29 is 18.7 Å². The molecule has 0 aliphatic carbocycles. The smallest absolute Gasteiger partial charge is 0.326 e. The van der Waals surface area contributed by atoms with E-state index in [9.17, 15) is 14.0 Å². The first-order chi connectivity index (χ1) is 15.5. The number of para-hydroxylation sites is 1. The van der Waals surface area contributed by atoms with Gasteiger partial charge in [0.1, 0.15) is 11.6 Å². The number of urea groups is 2. The molecule has 3 aromatic carbocycles. The quantitative estimate of drug-likeness (QED) is 0.402. The van der Waals surface area contributed by atoms with Crippen molar-refractivity contribution in [2.75, 3.05) is 35.7 Å². The number of nitrogens with zero attached hydrogens (tertiary/aromatic N) is 1. The third-order valence-electron chi connectivity index (χ3n) is 4.47. The Morgan fingerprint density at radius 3 is 2.31 bits per heavy atom. The molecule has 0 fully saturated rings. The molecule has 0 heterocycles. The molecule has 0 aliphatic heterocycles. The fourth-order valence-electron chi connectivity index (χ4n) is 2.84. The lowest BCUT2D eigenvalue weighted by Gasteiger charge is -2.23. The van der Waals surface area contributed by atoms with E-state index < -0.39 is 17.9 Å². The van der Waals surface area contributed by atoms with E-state index in [4.69, 9.17) is 4.74 Å². The van der Waals surface area contributed by atoms with Crippen LogP contribution in [0.2, 0.25) is 0 Å². The number of hydrogen-bond acceptors (Lipinski definition) is 3. The number of anilines is 3. The minimum Gasteiger partial charge on any atom is -0.497 e. The van der Waals surface area contributed by atoms with Gasteiger partial charge in [-0.3, -0.25) is 4.90 Å². The minimum absolute atomic E-state index is 0.164. The maximum absolute atomic E-state index is 13.4. The third kappa shape index (κ3) is 6.45. The lowest BCUT2D eigenvalue weighted by Crippen LogP contribution is -2.42. The maximum atomic E-state index is 13.4. The van der Waals surface area contributed by atoms with E-state index in [2.05, 4.69) is 31.9 Å². The van der Waals surface area contributed by atoms with Crippen LogP contribution in [0.15, 0.2) is 77.3 Å². The number of carbonyl (C=O) groups is 2. The number of benzene rings is 3. The van der Waals surface area contributed by atoms with Crippen molar-refractivity contribution in [3.8, 4) is 5.75 Å².